The van der Waals surface area contributed by atoms with E-state index in [-0.39, 0.29) is 11.7 Å². The lowest BCUT2D eigenvalue weighted by Gasteiger charge is -2.38. The number of fused-ring (bicyclic) bond motifs is 1. The van der Waals surface area contributed by atoms with Crippen LogP contribution in [-0.4, -0.2) is 67.5 Å². The number of para-hydroxylation sites is 1. The van der Waals surface area contributed by atoms with E-state index in [0.717, 1.165) is 44.8 Å². The summed E-state index contributed by atoms with van der Waals surface area (Å²) in [6, 6.07) is 23.2. The summed E-state index contributed by atoms with van der Waals surface area (Å²) in [7, 11) is 1.70. The maximum Gasteiger partial charge on any atom is 0.415 e. The van der Waals surface area contributed by atoms with Crippen molar-refractivity contribution in [2.75, 3.05) is 49.6 Å². The van der Waals surface area contributed by atoms with E-state index >= 15 is 0 Å². The van der Waals surface area contributed by atoms with Crippen LogP contribution in [0.5, 0.6) is 5.75 Å². The zero-order valence-electron chi connectivity index (χ0n) is 21.4. The standard InChI is InChI=1S/C30H31N3O5/c1-37-25-11-12-26-22(19-32(27(26)17-25)23-5-3-2-4-6-23)18-31-15-13-30(14-16-31)20-33(29(36)38-30)24-9-7-21(8-10-24)28(34)35/h2-12,17,22H,13-16,18-20H2,1H3,(H,34,35). The van der Waals surface area contributed by atoms with Crippen molar-refractivity contribution in [3.63, 3.8) is 0 Å². The van der Waals surface area contributed by atoms with Crippen molar-refractivity contribution in [2.24, 2.45) is 0 Å². The number of ether oxygens (including phenoxy) is 2. The average molecular weight is 514 g/mol. The Morgan fingerprint density at radius 3 is 2.39 bits per heavy atom. The molecule has 0 radical (unpaired) electrons. The Labute approximate surface area is 222 Å². The number of anilines is 3. The predicted molar refractivity (Wildman–Crippen MR) is 145 cm³/mol. The number of aromatic carboxylic acids is 1. The molecule has 196 valence electrons. The number of hydrogen-bond donors (Lipinski definition) is 1. The molecule has 3 aromatic rings. The maximum atomic E-state index is 12.7. The van der Waals surface area contributed by atoms with Gasteiger partial charge in [-0.1, -0.05) is 24.3 Å². The van der Waals surface area contributed by atoms with Crippen LogP contribution >= 0.6 is 0 Å². The van der Waals surface area contributed by atoms with Crippen LogP contribution in [0.15, 0.2) is 72.8 Å². The van der Waals surface area contributed by atoms with Crippen molar-refractivity contribution in [2.45, 2.75) is 24.4 Å². The molecule has 3 aromatic carbocycles. The summed E-state index contributed by atoms with van der Waals surface area (Å²) in [5, 5.41) is 9.15. The quantitative estimate of drug-likeness (QED) is 0.490. The second-order valence-corrected chi connectivity index (χ2v) is 10.4. The van der Waals surface area contributed by atoms with Gasteiger partial charge in [0.25, 0.3) is 0 Å². The van der Waals surface area contributed by atoms with Crippen molar-refractivity contribution >= 4 is 29.1 Å². The second-order valence-electron chi connectivity index (χ2n) is 10.4. The van der Waals surface area contributed by atoms with Crippen LogP contribution in [0, 0.1) is 0 Å². The molecule has 1 spiro atoms. The zero-order chi connectivity index (χ0) is 26.3. The number of carboxylic acid groups (broad SMARTS) is 1. The number of piperidine rings is 1. The van der Waals surface area contributed by atoms with E-state index in [1.807, 2.05) is 12.1 Å². The van der Waals surface area contributed by atoms with Gasteiger partial charge >= 0.3 is 12.1 Å². The lowest BCUT2D eigenvalue weighted by Crippen LogP contribution is -2.48. The summed E-state index contributed by atoms with van der Waals surface area (Å²) in [5.41, 5.74) is 4.06. The van der Waals surface area contributed by atoms with E-state index in [2.05, 4.69) is 46.2 Å². The number of methoxy groups -OCH3 is 1. The highest BCUT2D eigenvalue weighted by molar-refractivity contribution is 5.92. The molecule has 0 bridgehead atoms. The van der Waals surface area contributed by atoms with E-state index in [9.17, 15) is 9.59 Å². The van der Waals surface area contributed by atoms with Crippen LogP contribution in [0.1, 0.15) is 34.7 Å². The first-order valence-electron chi connectivity index (χ1n) is 13.0. The Bertz CT molecular complexity index is 1340. The molecule has 0 aromatic heterocycles. The third-order valence-electron chi connectivity index (χ3n) is 8.08. The third-order valence-corrected chi connectivity index (χ3v) is 8.08. The fourth-order valence-corrected chi connectivity index (χ4v) is 5.98. The lowest BCUT2D eigenvalue weighted by atomic mass is 9.90. The van der Waals surface area contributed by atoms with E-state index < -0.39 is 11.6 Å². The van der Waals surface area contributed by atoms with Gasteiger partial charge in [0.2, 0.25) is 0 Å². The molecule has 1 atom stereocenters. The van der Waals surface area contributed by atoms with Gasteiger partial charge in [-0.25, -0.2) is 9.59 Å². The minimum Gasteiger partial charge on any atom is -0.497 e. The highest BCUT2D eigenvalue weighted by Gasteiger charge is 2.47. The highest BCUT2D eigenvalue weighted by atomic mass is 16.6. The molecular weight excluding hydrogens is 482 g/mol. The summed E-state index contributed by atoms with van der Waals surface area (Å²) in [6.07, 6.45) is 1.18. The Balaban J connectivity index is 1.13. The second kappa shape index (κ2) is 9.68. The molecule has 8 heteroatoms. The van der Waals surface area contributed by atoms with Crippen molar-refractivity contribution < 1.29 is 24.2 Å². The van der Waals surface area contributed by atoms with Gasteiger partial charge in [0.1, 0.15) is 11.4 Å². The summed E-state index contributed by atoms with van der Waals surface area (Å²) < 4.78 is 11.5. The average Bonchev–Trinajstić information content (AvgIpc) is 3.47. The fraction of sp³-hybridized carbons (Fsp3) is 0.333. The molecule has 38 heavy (non-hydrogen) atoms. The minimum absolute atomic E-state index is 0.196. The maximum absolute atomic E-state index is 12.7. The summed E-state index contributed by atoms with van der Waals surface area (Å²) in [6.45, 7) is 4.04. The monoisotopic (exact) mass is 513 g/mol. The molecule has 2 fully saturated rings. The van der Waals surface area contributed by atoms with Gasteiger partial charge in [-0.15, -0.1) is 0 Å². The molecule has 0 aliphatic carbocycles. The molecule has 1 amide bonds. The number of carbonyl (C=O) groups excluding carboxylic acids is 1. The Hall–Kier alpha value is -4.04. The predicted octanol–water partition coefficient (Wildman–Crippen LogP) is 5.12. The number of likely N-dealkylation sites (tertiary alicyclic amines) is 1. The van der Waals surface area contributed by atoms with Crippen LogP contribution in [0.3, 0.4) is 0 Å². The number of benzene rings is 3. The van der Waals surface area contributed by atoms with Crippen molar-refractivity contribution in [1.82, 2.24) is 4.90 Å². The first-order chi connectivity index (χ1) is 18.4. The van der Waals surface area contributed by atoms with Crippen molar-refractivity contribution in [1.29, 1.82) is 0 Å². The van der Waals surface area contributed by atoms with E-state index in [0.29, 0.717) is 18.2 Å². The van der Waals surface area contributed by atoms with E-state index in [1.165, 1.54) is 29.1 Å². The van der Waals surface area contributed by atoms with Gasteiger partial charge in [0, 0.05) is 68.1 Å². The van der Waals surface area contributed by atoms with Crippen molar-refractivity contribution in [3.8, 4) is 5.75 Å². The number of carbonyl (C=O) groups is 2. The first-order valence-corrected chi connectivity index (χ1v) is 13.0. The zero-order valence-corrected chi connectivity index (χ0v) is 21.4. The van der Waals surface area contributed by atoms with Gasteiger partial charge in [-0.05, 0) is 48.0 Å². The number of amides is 1. The first kappa shape index (κ1) is 24.3. The van der Waals surface area contributed by atoms with Gasteiger partial charge in [-0.3, -0.25) is 4.90 Å². The molecule has 3 aliphatic heterocycles. The summed E-state index contributed by atoms with van der Waals surface area (Å²) >= 11 is 0. The SMILES string of the molecule is COc1ccc2c(c1)N(c1ccccc1)CC2CN1CCC2(CC1)CN(c1ccc(C(=O)O)cc1)C(=O)O2. The summed E-state index contributed by atoms with van der Waals surface area (Å²) in [5.74, 6) is 0.233. The number of hydrogen-bond acceptors (Lipinski definition) is 6. The topological polar surface area (TPSA) is 82.5 Å². The summed E-state index contributed by atoms with van der Waals surface area (Å²) in [4.78, 5) is 30.4. The van der Waals surface area contributed by atoms with Crippen LogP contribution in [0.4, 0.5) is 21.9 Å². The van der Waals surface area contributed by atoms with E-state index in [4.69, 9.17) is 14.6 Å². The van der Waals surface area contributed by atoms with Crippen LogP contribution in [0.25, 0.3) is 0 Å². The molecule has 2 saturated heterocycles. The van der Waals surface area contributed by atoms with Gasteiger partial charge < -0.3 is 24.4 Å². The normalized spacial score (nSPS) is 20.4. The Morgan fingerprint density at radius 2 is 1.71 bits per heavy atom. The molecule has 3 aliphatic rings. The highest BCUT2D eigenvalue weighted by Crippen LogP contribution is 2.44. The molecule has 0 saturated carbocycles. The number of carboxylic acids is 1. The molecule has 3 heterocycles. The third kappa shape index (κ3) is 4.45. The van der Waals surface area contributed by atoms with Crippen molar-refractivity contribution in [3.05, 3.63) is 83.9 Å². The van der Waals surface area contributed by atoms with Crippen LogP contribution < -0.4 is 14.5 Å². The number of nitrogens with zero attached hydrogens (tertiary/aromatic N) is 3. The number of rotatable bonds is 6. The molecular formula is C30H31N3O5. The molecule has 8 nitrogen and oxygen atoms in total. The molecule has 1 N–H and O–H groups in total. The molecule has 6 rings (SSSR count). The van der Waals surface area contributed by atoms with Crippen LogP contribution in [-0.2, 0) is 4.74 Å². The smallest absolute Gasteiger partial charge is 0.415 e. The van der Waals surface area contributed by atoms with Gasteiger partial charge in [-0.2, -0.15) is 0 Å². The van der Waals surface area contributed by atoms with E-state index in [1.54, 1.807) is 24.1 Å². The Kier molecular flexibility index (Phi) is 6.19. The lowest BCUT2D eigenvalue weighted by molar-refractivity contribution is -0.0000485. The van der Waals surface area contributed by atoms with Gasteiger partial charge in [0.05, 0.1) is 19.2 Å². The van der Waals surface area contributed by atoms with Crippen LogP contribution in [0.2, 0.25) is 0 Å². The minimum atomic E-state index is -0.986. The largest absolute Gasteiger partial charge is 0.497 e. The fourth-order valence-electron chi connectivity index (χ4n) is 5.98. The molecule has 1 unspecified atom stereocenters. The van der Waals surface area contributed by atoms with Gasteiger partial charge in [0.15, 0.2) is 0 Å². The Morgan fingerprint density at radius 1 is 1.00 bits per heavy atom.